The number of amides is 1. The van der Waals surface area contributed by atoms with Gasteiger partial charge in [-0.3, -0.25) is 4.79 Å². The molecular weight excluding hydrogens is 270 g/mol. The molecule has 5 nitrogen and oxygen atoms in total. The van der Waals surface area contributed by atoms with Crippen LogP contribution in [0.2, 0.25) is 0 Å². The standard InChI is InChI=1S/C16H29NO4/c1-11(18)9-8-10-21-14(20)17-12(15(2,3)4)13(19)16(5,6)7/h12H,8-10H2,1-7H3,(H,17,20). The minimum atomic E-state index is -0.615. The summed E-state index contributed by atoms with van der Waals surface area (Å²) < 4.78 is 5.03. The molecule has 1 atom stereocenters. The molecule has 0 aromatic heterocycles. The fourth-order valence-electron chi connectivity index (χ4n) is 1.75. The van der Waals surface area contributed by atoms with Crippen LogP contribution in [0.15, 0.2) is 0 Å². The molecule has 0 aliphatic carbocycles. The summed E-state index contributed by atoms with van der Waals surface area (Å²) in [5.74, 6) is 0.0326. The number of rotatable bonds is 6. The van der Waals surface area contributed by atoms with Crippen LogP contribution >= 0.6 is 0 Å². The summed E-state index contributed by atoms with van der Waals surface area (Å²) >= 11 is 0. The maximum Gasteiger partial charge on any atom is 0.407 e. The number of ether oxygens (including phenoxy) is 1. The fraction of sp³-hybridized carbons (Fsp3) is 0.812. The van der Waals surface area contributed by atoms with E-state index in [0.717, 1.165) is 0 Å². The summed E-state index contributed by atoms with van der Waals surface area (Å²) in [6.45, 7) is 12.9. The highest BCUT2D eigenvalue weighted by atomic mass is 16.5. The van der Waals surface area contributed by atoms with Crippen LogP contribution in [0.4, 0.5) is 4.79 Å². The van der Waals surface area contributed by atoms with Crippen LogP contribution in [0, 0.1) is 10.8 Å². The van der Waals surface area contributed by atoms with E-state index < -0.39 is 23.0 Å². The molecule has 0 heterocycles. The van der Waals surface area contributed by atoms with Gasteiger partial charge < -0.3 is 14.8 Å². The molecule has 0 rings (SSSR count). The Morgan fingerprint density at radius 2 is 1.57 bits per heavy atom. The van der Waals surface area contributed by atoms with E-state index in [9.17, 15) is 14.4 Å². The van der Waals surface area contributed by atoms with E-state index in [1.54, 1.807) is 0 Å². The van der Waals surface area contributed by atoms with Crippen molar-refractivity contribution in [3.8, 4) is 0 Å². The summed E-state index contributed by atoms with van der Waals surface area (Å²) in [6, 6.07) is -0.613. The number of ketones is 2. The molecular formula is C16H29NO4. The molecule has 0 bridgehead atoms. The molecule has 0 aromatic carbocycles. The number of carbonyl (C=O) groups excluding carboxylic acids is 3. The second kappa shape index (κ2) is 7.57. The Bertz CT molecular complexity index is 388. The van der Waals surface area contributed by atoms with E-state index in [4.69, 9.17) is 4.74 Å². The normalized spacial score (nSPS) is 13.5. The van der Waals surface area contributed by atoms with Crippen molar-refractivity contribution in [2.24, 2.45) is 10.8 Å². The van der Waals surface area contributed by atoms with Crippen molar-refractivity contribution >= 4 is 17.7 Å². The van der Waals surface area contributed by atoms with Crippen LogP contribution in [0.25, 0.3) is 0 Å². The van der Waals surface area contributed by atoms with Crippen LogP contribution in [0.1, 0.15) is 61.3 Å². The molecule has 0 aliphatic rings. The predicted molar refractivity (Wildman–Crippen MR) is 82.1 cm³/mol. The Labute approximate surface area is 127 Å². The highest BCUT2D eigenvalue weighted by Crippen LogP contribution is 2.27. The molecule has 0 radical (unpaired) electrons. The smallest absolute Gasteiger partial charge is 0.407 e. The molecule has 0 saturated carbocycles. The van der Waals surface area contributed by atoms with Crippen LogP contribution < -0.4 is 5.32 Å². The number of hydrogen-bond acceptors (Lipinski definition) is 4. The average Bonchev–Trinajstić information content (AvgIpc) is 2.28. The van der Waals surface area contributed by atoms with E-state index in [-0.39, 0.29) is 18.2 Å². The van der Waals surface area contributed by atoms with E-state index in [1.165, 1.54) is 6.92 Å². The van der Waals surface area contributed by atoms with Gasteiger partial charge in [-0.05, 0) is 18.8 Å². The Hall–Kier alpha value is -1.39. The van der Waals surface area contributed by atoms with E-state index in [2.05, 4.69) is 5.32 Å². The van der Waals surface area contributed by atoms with Crippen molar-refractivity contribution in [1.29, 1.82) is 0 Å². The fourth-order valence-corrected chi connectivity index (χ4v) is 1.75. The zero-order chi connectivity index (χ0) is 16.8. The molecule has 122 valence electrons. The maximum absolute atomic E-state index is 12.5. The second-order valence-corrected chi connectivity index (χ2v) is 7.50. The lowest BCUT2D eigenvalue weighted by atomic mass is 9.76. The van der Waals surface area contributed by atoms with Gasteiger partial charge in [0.25, 0.3) is 0 Å². The molecule has 1 unspecified atom stereocenters. The highest BCUT2D eigenvalue weighted by Gasteiger charge is 2.38. The van der Waals surface area contributed by atoms with Gasteiger partial charge >= 0.3 is 6.09 Å². The Kier molecular flexibility index (Phi) is 7.07. The van der Waals surface area contributed by atoms with Gasteiger partial charge in [-0.2, -0.15) is 0 Å². The van der Waals surface area contributed by atoms with Gasteiger partial charge in [0.2, 0.25) is 0 Å². The predicted octanol–water partition coefficient (Wildman–Crippen LogP) is 3.11. The molecule has 21 heavy (non-hydrogen) atoms. The van der Waals surface area contributed by atoms with E-state index in [0.29, 0.717) is 12.8 Å². The maximum atomic E-state index is 12.5. The monoisotopic (exact) mass is 299 g/mol. The van der Waals surface area contributed by atoms with Crippen LogP contribution in [-0.4, -0.2) is 30.3 Å². The summed E-state index contributed by atoms with van der Waals surface area (Å²) in [5, 5.41) is 2.66. The third kappa shape index (κ3) is 7.83. The van der Waals surface area contributed by atoms with E-state index >= 15 is 0 Å². The minimum absolute atomic E-state index is 0.0318. The Morgan fingerprint density at radius 3 is 1.95 bits per heavy atom. The molecule has 0 saturated heterocycles. The number of carbonyl (C=O) groups is 3. The molecule has 0 aliphatic heterocycles. The third-order valence-corrected chi connectivity index (χ3v) is 3.04. The molecule has 0 fully saturated rings. The number of alkyl carbamates (subject to hydrolysis) is 1. The molecule has 0 spiro atoms. The molecule has 5 heteroatoms. The lowest BCUT2D eigenvalue weighted by Gasteiger charge is -2.34. The first-order valence-electron chi connectivity index (χ1n) is 7.32. The van der Waals surface area contributed by atoms with Crippen LogP contribution in [0.5, 0.6) is 0 Å². The SMILES string of the molecule is CC(=O)CCCOC(=O)NC(C(=O)C(C)(C)C)C(C)(C)C. The quantitative estimate of drug-likeness (QED) is 0.765. The first-order chi connectivity index (χ1) is 9.35. The van der Waals surface area contributed by atoms with Gasteiger partial charge in [0.1, 0.15) is 5.78 Å². The summed E-state index contributed by atoms with van der Waals surface area (Å²) in [7, 11) is 0. The van der Waals surface area contributed by atoms with E-state index in [1.807, 2.05) is 41.5 Å². The average molecular weight is 299 g/mol. The molecule has 0 aromatic rings. The Morgan fingerprint density at radius 1 is 1.05 bits per heavy atom. The second-order valence-electron chi connectivity index (χ2n) is 7.50. The first-order valence-corrected chi connectivity index (χ1v) is 7.32. The van der Waals surface area contributed by atoms with Crippen molar-refractivity contribution in [3.63, 3.8) is 0 Å². The summed E-state index contributed by atoms with van der Waals surface area (Å²) in [5.41, 5.74) is -0.942. The van der Waals surface area contributed by atoms with Crippen molar-refractivity contribution in [2.75, 3.05) is 6.61 Å². The van der Waals surface area contributed by atoms with Gasteiger partial charge in [-0.1, -0.05) is 41.5 Å². The zero-order valence-electron chi connectivity index (χ0n) is 14.3. The number of nitrogens with one attached hydrogen (secondary N) is 1. The molecule has 1 amide bonds. The van der Waals surface area contributed by atoms with Gasteiger partial charge in [0.15, 0.2) is 5.78 Å². The van der Waals surface area contributed by atoms with Crippen molar-refractivity contribution in [1.82, 2.24) is 5.32 Å². The lowest BCUT2D eigenvalue weighted by molar-refractivity contribution is -0.130. The zero-order valence-corrected chi connectivity index (χ0v) is 14.3. The number of hydrogen-bond donors (Lipinski definition) is 1. The van der Waals surface area contributed by atoms with Gasteiger partial charge in [-0.25, -0.2) is 4.79 Å². The topological polar surface area (TPSA) is 72.5 Å². The van der Waals surface area contributed by atoms with Gasteiger partial charge in [-0.15, -0.1) is 0 Å². The lowest BCUT2D eigenvalue weighted by Crippen LogP contribution is -2.52. The minimum Gasteiger partial charge on any atom is -0.450 e. The first kappa shape index (κ1) is 19.6. The van der Waals surface area contributed by atoms with Crippen LogP contribution in [0.3, 0.4) is 0 Å². The largest absolute Gasteiger partial charge is 0.450 e. The van der Waals surface area contributed by atoms with Crippen molar-refractivity contribution in [2.45, 2.75) is 67.3 Å². The van der Waals surface area contributed by atoms with Crippen LogP contribution in [-0.2, 0) is 14.3 Å². The van der Waals surface area contributed by atoms with Crippen molar-refractivity contribution in [3.05, 3.63) is 0 Å². The van der Waals surface area contributed by atoms with Gasteiger partial charge in [0, 0.05) is 11.8 Å². The summed E-state index contributed by atoms with van der Waals surface area (Å²) in [6.07, 6.45) is 0.267. The van der Waals surface area contributed by atoms with Gasteiger partial charge in [0.05, 0.1) is 12.6 Å². The third-order valence-electron chi connectivity index (χ3n) is 3.04. The van der Waals surface area contributed by atoms with Crippen molar-refractivity contribution < 1.29 is 19.1 Å². The molecule has 1 N–H and O–H groups in total. The highest BCUT2D eigenvalue weighted by molar-refractivity contribution is 5.92. The summed E-state index contributed by atoms with van der Waals surface area (Å²) in [4.78, 5) is 35.1. The number of Topliss-reactive ketones (excluding diaryl/α,β-unsaturated/α-hetero) is 2. The Balaban J connectivity index is 4.60.